The summed E-state index contributed by atoms with van der Waals surface area (Å²) in [6.07, 6.45) is 0. The van der Waals surface area contributed by atoms with Crippen LogP contribution in [-0.2, 0) is 4.79 Å². The first-order valence-corrected chi connectivity index (χ1v) is 8.01. The van der Waals surface area contributed by atoms with Crippen molar-refractivity contribution < 1.29 is 19.4 Å². The van der Waals surface area contributed by atoms with E-state index >= 15 is 0 Å². The van der Waals surface area contributed by atoms with E-state index in [9.17, 15) is 14.7 Å². The zero-order valence-corrected chi connectivity index (χ0v) is 13.9. The molecule has 5 nitrogen and oxygen atoms in total. The number of carbonyl (C=O) groups is 2. The standard InChI is InChI=1S/C16H12ClNO4S/c1-8-15(22-9(2)19)13-11(3-4-12(20)14(13)17)18(8)16(21)10-5-6-23-7-10/h3-7,20H,1-2H3. The number of esters is 1. The molecule has 0 saturated heterocycles. The molecule has 0 aliphatic carbocycles. The largest absolute Gasteiger partial charge is 0.506 e. The number of aromatic nitrogens is 1. The van der Waals surface area contributed by atoms with Gasteiger partial charge < -0.3 is 9.84 Å². The van der Waals surface area contributed by atoms with Gasteiger partial charge in [-0.1, -0.05) is 11.6 Å². The molecule has 0 aliphatic heterocycles. The van der Waals surface area contributed by atoms with Crippen LogP contribution in [0.5, 0.6) is 11.5 Å². The fourth-order valence-electron chi connectivity index (χ4n) is 2.47. The number of benzene rings is 1. The van der Waals surface area contributed by atoms with Crippen molar-refractivity contribution in [2.24, 2.45) is 0 Å². The van der Waals surface area contributed by atoms with Crippen molar-refractivity contribution in [2.75, 3.05) is 0 Å². The van der Waals surface area contributed by atoms with Gasteiger partial charge in [-0.25, -0.2) is 0 Å². The number of phenolic OH excluding ortho intramolecular Hbond substituents is 1. The van der Waals surface area contributed by atoms with Crippen LogP contribution in [0.4, 0.5) is 0 Å². The normalized spacial score (nSPS) is 10.9. The number of fused-ring (bicyclic) bond motifs is 1. The number of hydrogen-bond donors (Lipinski definition) is 1. The average Bonchev–Trinajstić information content (AvgIpc) is 3.10. The highest BCUT2D eigenvalue weighted by Crippen LogP contribution is 2.42. The van der Waals surface area contributed by atoms with Gasteiger partial charge in [0.2, 0.25) is 0 Å². The Bertz CT molecular complexity index is 928. The van der Waals surface area contributed by atoms with Gasteiger partial charge in [-0.3, -0.25) is 14.2 Å². The van der Waals surface area contributed by atoms with E-state index < -0.39 is 5.97 Å². The number of hydrogen-bond acceptors (Lipinski definition) is 5. The molecule has 1 aromatic carbocycles. The monoisotopic (exact) mass is 349 g/mol. The number of phenols is 1. The molecule has 7 heteroatoms. The van der Waals surface area contributed by atoms with E-state index in [1.165, 1.54) is 28.9 Å². The molecule has 0 unspecified atom stereocenters. The molecule has 1 N–H and O–H groups in total. The third kappa shape index (κ3) is 2.50. The predicted octanol–water partition coefficient (Wildman–Crippen LogP) is 3.98. The quantitative estimate of drug-likeness (QED) is 0.710. The van der Waals surface area contributed by atoms with E-state index in [-0.39, 0.29) is 22.4 Å². The molecule has 0 amide bonds. The molecule has 3 rings (SSSR count). The maximum atomic E-state index is 12.8. The van der Waals surface area contributed by atoms with Crippen LogP contribution in [0.3, 0.4) is 0 Å². The Kier molecular flexibility index (Phi) is 3.87. The van der Waals surface area contributed by atoms with Gasteiger partial charge >= 0.3 is 5.97 Å². The molecule has 0 bridgehead atoms. The maximum Gasteiger partial charge on any atom is 0.308 e. The van der Waals surface area contributed by atoms with Gasteiger partial charge in [0.25, 0.3) is 5.91 Å². The van der Waals surface area contributed by atoms with E-state index in [4.69, 9.17) is 16.3 Å². The molecule has 0 saturated carbocycles. The van der Waals surface area contributed by atoms with E-state index in [1.807, 2.05) is 0 Å². The van der Waals surface area contributed by atoms with Crippen LogP contribution in [0, 0.1) is 6.92 Å². The Morgan fingerprint density at radius 2 is 2.04 bits per heavy atom. The lowest BCUT2D eigenvalue weighted by molar-refractivity contribution is -0.131. The van der Waals surface area contributed by atoms with E-state index in [0.29, 0.717) is 22.2 Å². The van der Waals surface area contributed by atoms with Crippen molar-refractivity contribution in [1.82, 2.24) is 4.57 Å². The SMILES string of the molecule is CC(=O)Oc1c(C)n(C(=O)c2ccsc2)c2ccc(O)c(Cl)c12. The van der Waals surface area contributed by atoms with Gasteiger partial charge in [0.05, 0.1) is 27.2 Å². The lowest BCUT2D eigenvalue weighted by Gasteiger charge is -2.05. The summed E-state index contributed by atoms with van der Waals surface area (Å²) >= 11 is 7.58. The van der Waals surface area contributed by atoms with Crippen LogP contribution in [0.15, 0.2) is 29.0 Å². The number of halogens is 1. The molecule has 0 atom stereocenters. The first kappa shape index (κ1) is 15.6. The Balaban J connectivity index is 2.35. The Morgan fingerprint density at radius 1 is 1.30 bits per heavy atom. The lowest BCUT2D eigenvalue weighted by Crippen LogP contribution is -2.13. The number of rotatable bonds is 2. The zero-order valence-electron chi connectivity index (χ0n) is 12.3. The van der Waals surface area contributed by atoms with Crippen LogP contribution >= 0.6 is 22.9 Å². The maximum absolute atomic E-state index is 12.8. The summed E-state index contributed by atoms with van der Waals surface area (Å²) in [5.41, 5.74) is 1.44. The Morgan fingerprint density at radius 3 is 2.65 bits per heavy atom. The van der Waals surface area contributed by atoms with E-state index in [1.54, 1.807) is 29.8 Å². The molecule has 0 spiro atoms. The fraction of sp³-hybridized carbons (Fsp3) is 0.125. The second kappa shape index (κ2) is 5.72. The van der Waals surface area contributed by atoms with E-state index in [2.05, 4.69) is 0 Å². The summed E-state index contributed by atoms with van der Waals surface area (Å²) in [5.74, 6) is -0.756. The van der Waals surface area contributed by atoms with Crippen LogP contribution in [0.2, 0.25) is 5.02 Å². The Labute approximate surface area is 140 Å². The molecule has 0 aliphatic rings. The van der Waals surface area contributed by atoms with Crippen molar-refractivity contribution >= 4 is 45.7 Å². The highest BCUT2D eigenvalue weighted by Gasteiger charge is 2.25. The van der Waals surface area contributed by atoms with Crippen molar-refractivity contribution in [3.05, 3.63) is 45.2 Å². The topological polar surface area (TPSA) is 68.5 Å². The van der Waals surface area contributed by atoms with Crippen molar-refractivity contribution in [2.45, 2.75) is 13.8 Å². The summed E-state index contributed by atoms with van der Waals surface area (Å²) in [4.78, 5) is 24.2. The van der Waals surface area contributed by atoms with Gasteiger partial charge in [-0.2, -0.15) is 11.3 Å². The first-order chi connectivity index (χ1) is 10.9. The molecule has 2 heterocycles. The summed E-state index contributed by atoms with van der Waals surface area (Å²) in [6, 6.07) is 4.69. The number of thiophene rings is 1. The number of nitrogens with zero attached hydrogens (tertiary/aromatic N) is 1. The summed E-state index contributed by atoms with van der Waals surface area (Å²) in [7, 11) is 0. The van der Waals surface area contributed by atoms with Gasteiger partial charge in [0.1, 0.15) is 5.75 Å². The summed E-state index contributed by atoms with van der Waals surface area (Å²) in [6.45, 7) is 2.93. The molecular weight excluding hydrogens is 338 g/mol. The van der Waals surface area contributed by atoms with Gasteiger partial charge in [-0.15, -0.1) is 0 Å². The molecule has 3 aromatic rings. The molecule has 23 heavy (non-hydrogen) atoms. The second-order valence-corrected chi connectivity index (χ2v) is 6.11. The van der Waals surface area contributed by atoms with Crippen molar-refractivity contribution in [3.8, 4) is 11.5 Å². The van der Waals surface area contributed by atoms with Crippen LogP contribution in [0.25, 0.3) is 10.9 Å². The minimum absolute atomic E-state index is 0.0405. The number of aromatic hydroxyl groups is 1. The lowest BCUT2D eigenvalue weighted by atomic mass is 10.2. The average molecular weight is 350 g/mol. The van der Waals surface area contributed by atoms with E-state index in [0.717, 1.165) is 0 Å². The highest BCUT2D eigenvalue weighted by molar-refractivity contribution is 7.08. The van der Waals surface area contributed by atoms with Gasteiger partial charge in [0.15, 0.2) is 5.75 Å². The van der Waals surface area contributed by atoms with Crippen LogP contribution < -0.4 is 4.74 Å². The molecule has 118 valence electrons. The predicted molar refractivity (Wildman–Crippen MR) is 88.7 cm³/mol. The third-order valence-corrected chi connectivity index (χ3v) is 4.51. The molecule has 2 aromatic heterocycles. The Hall–Kier alpha value is -2.31. The van der Waals surface area contributed by atoms with Crippen LogP contribution in [-0.4, -0.2) is 21.6 Å². The van der Waals surface area contributed by atoms with Crippen molar-refractivity contribution in [1.29, 1.82) is 0 Å². The second-order valence-electron chi connectivity index (χ2n) is 4.95. The van der Waals surface area contributed by atoms with Gasteiger partial charge in [0, 0.05) is 12.3 Å². The minimum Gasteiger partial charge on any atom is -0.506 e. The summed E-state index contributed by atoms with van der Waals surface area (Å²) < 4.78 is 6.67. The smallest absolute Gasteiger partial charge is 0.308 e. The minimum atomic E-state index is -0.533. The molecular formula is C16H12ClNO4S. The van der Waals surface area contributed by atoms with Crippen LogP contribution in [0.1, 0.15) is 23.0 Å². The zero-order chi connectivity index (χ0) is 16.7. The fourth-order valence-corrected chi connectivity index (χ4v) is 3.34. The van der Waals surface area contributed by atoms with Gasteiger partial charge in [-0.05, 0) is 30.5 Å². The number of carbonyl (C=O) groups excluding carboxylic acids is 2. The first-order valence-electron chi connectivity index (χ1n) is 6.69. The number of ether oxygens (including phenoxy) is 1. The highest BCUT2D eigenvalue weighted by atomic mass is 35.5. The summed E-state index contributed by atoms with van der Waals surface area (Å²) in [5, 5.41) is 13.8. The molecule has 0 fully saturated rings. The molecule has 0 radical (unpaired) electrons. The van der Waals surface area contributed by atoms with Crippen molar-refractivity contribution in [3.63, 3.8) is 0 Å². The third-order valence-electron chi connectivity index (χ3n) is 3.45.